The summed E-state index contributed by atoms with van der Waals surface area (Å²) < 4.78 is 23.8. The minimum atomic E-state index is -3.87. The van der Waals surface area contributed by atoms with Gasteiger partial charge >= 0.3 is 0 Å². The molecule has 1 aliphatic carbocycles. The van der Waals surface area contributed by atoms with Crippen LogP contribution in [0.4, 0.5) is 5.69 Å². The number of nitrogens with one attached hydrogen (secondary N) is 1. The number of carbonyl (C=O) groups is 1. The van der Waals surface area contributed by atoms with Crippen molar-refractivity contribution in [1.29, 1.82) is 0 Å². The minimum absolute atomic E-state index is 0.0334. The van der Waals surface area contributed by atoms with Gasteiger partial charge in [0.1, 0.15) is 0 Å². The maximum atomic E-state index is 13.0. The van der Waals surface area contributed by atoms with Crippen LogP contribution in [0.1, 0.15) is 47.3 Å². The maximum absolute atomic E-state index is 13.0. The molecule has 3 aromatic rings. The third kappa shape index (κ3) is 3.63. The molecule has 1 aliphatic rings. The van der Waals surface area contributed by atoms with Crippen LogP contribution in [0, 0.1) is 0 Å². The predicted molar refractivity (Wildman–Crippen MR) is 109 cm³/mol. The van der Waals surface area contributed by atoms with Crippen molar-refractivity contribution in [2.24, 2.45) is 5.14 Å². The molecule has 0 saturated heterocycles. The molecule has 0 unspecified atom stereocenters. The summed E-state index contributed by atoms with van der Waals surface area (Å²) in [6.45, 7) is 1.85. The zero-order valence-corrected chi connectivity index (χ0v) is 16.3. The largest absolute Gasteiger partial charge is 0.322 e. The van der Waals surface area contributed by atoms with Crippen molar-refractivity contribution in [1.82, 2.24) is 4.98 Å². The Bertz CT molecular complexity index is 1180. The van der Waals surface area contributed by atoms with Crippen LogP contribution in [0.3, 0.4) is 0 Å². The van der Waals surface area contributed by atoms with Gasteiger partial charge in [-0.05, 0) is 49.1 Å². The summed E-state index contributed by atoms with van der Waals surface area (Å²) in [4.78, 5) is 17.7. The smallest absolute Gasteiger partial charge is 0.256 e. The molecule has 2 aromatic carbocycles. The molecular formula is C21H21N3O3S. The van der Waals surface area contributed by atoms with Crippen LogP contribution in [-0.2, 0) is 16.4 Å². The summed E-state index contributed by atoms with van der Waals surface area (Å²) in [7, 11) is -3.87. The number of hydrogen-bond donors (Lipinski definition) is 2. The van der Waals surface area contributed by atoms with Crippen molar-refractivity contribution in [2.45, 2.75) is 37.0 Å². The van der Waals surface area contributed by atoms with Gasteiger partial charge in [0.15, 0.2) is 0 Å². The van der Waals surface area contributed by atoms with Gasteiger partial charge < -0.3 is 5.32 Å². The molecule has 6 nitrogen and oxygen atoms in total. The Hall–Kier alpha value is -2.77. The first-order valence-corrected chi connectivity index (χ1v) is 10.8. The number of pyridine rings is 1. The fourth-order valence-electron chi connectivity index (χ4n) is 3.36. The van der Waals surface area contributed by atoms with Crippen molar-refractivity contribution in [3.05, 3.63) is 65.4 Å². The number of aryl methyl sites for hydroxylation is 1. The third-order valence-electron chi connectivity index (χ3n) is 4.99. The van der Waals surface area contributed by atoms with E-state index in [0.717, 1.165) is 29.4 Å². The Morgan fingerprint density at radius 1 is 1.18 bits per heavy atom. The predicted octanol–water partition coefficient (Wildman–Crippen LogP) is 3.57. The lowest BCUT2D eigenvalue weighted by atomic mass is 10.0. The van der Waals surface area contributed by atoms with Crippen LogP contribution >= 0.6 is 0 Å². The van der Waals surface area contributed by atoms with Crippen molar-refractivity contribution in [3.63, 3.8) is 0 Å². The fourth-order valence-corrected chi connectivity index (χ4v) is 4.23. The van der Waals surface area contributed by atoms with Gasteiger partial charge in [-0.25, -0.2) is 13.6 Å². The highest BCUT2D eigenvalue weighted by atomic mass is 32.2. The maximum Gasteiger partial charge on any atom is 0.256 e. The number of sulfonamides is 1. The monoisotopic (exact) mass is 395 g/mol. The molecule has 7 heteroatoms. The molecule has 1 amide bonds. The second-order valence-electron chi connectivity index (χ2n) is 7.06. The quantitative estimate of drug-likeness (QED) is 0.689. The van der Waals surface area contributed by atoms with E-state index in [0.29, 0.717) is 29.2 Å². The Morgan fingerprint density at radius 3 is 2.61 bits per heavy atom. The molecule has 0 radical (unpaired) electrons. The van der Waals surface area contributed by atoms with Gasteiger partial charge in [-0.3, -0.25) is 9.78 Å². The number of amides is 1. The zero-order chi connectivity index (χ0) is 19.9. The van der Waals surface area contributed by atoms with Crippen LogP contribution in [0.5, 0.6) is 0 Å². The zero-order valence-electron chi connectivity index (χ0n) is 15.5. The second kappa shape index (κ2) is 7.00. The van der Waals surface area contributed by atoms with Gasteiger partial charge in [-0.2, -0.15) is 0 Å². The molecule has 3 N–H and O–H groups in total. The topological polar surface area (TPSA) is 102 Å². The average molecular weight is 395 g/mol. The summed E-state index contributed by atoms with van der Waals surface area (Å²) in [5.41, 5.74) is 3.24. The van der Waals surface area contributed by atoms with Crippen LogP contribution in [-0.4, -0.2) is 19.3 Å². The highest BCUT2D eigenvalue weighted by Gasteiger charge is 2.27. The SMILES string of the molecule is CCc1ccc(NC(=O)c2cc(C3CC3)nc3ccccc23)cc1S(N)(=O)=O. The Morgan fingerprint density at radius 2 is 1.93 bits per heavy atom. The lowest BCUT2D eigenvalue weighted by molar-refractivity contribution is 0.102. The molecule has 1 heterocycles. The summed E-state index contributed by atoms with van der Waals surface area (Å²) >= 11 is 0. The van der Waals surface area contributed by atoms with E-state index in [9.17, 15) is 13.2 Å². The molecule has 1 fully saturated rings. The number of fused-ring (bicyclic) bond motifs is 1. The van der Waals surface area contributed by atoms with Gasteiger partial charge in [0, 0.05) is 22.7 Å². The molecule has 144 valence electrons. The number of nitrogens with zero attached hydrogens (tertiary/aromatic N) is 1. The third-order valence-corrected chi connectivity index (χ3v) is 5.98. The number of aromatic nitrogens is 1. The number of para-hydroxylation sites is 1. The van der Waals surface area contributed by atoms with E-state index in [4.69, 9.17) is 5.14 Å². The van der Waals surface area contributed by atoms with E-state index in [1.165, 1.54) is 6.07 Å². The summed E-state index contributed by atoms with van der Waals surface area (Å²) in [6, 6.07) is 14.2. The molecule has 4 rings (SSSR count). The molecule has 0 aliphatic heterocycles. The number of nitrogens with two attached hydrogens (primary N) is 1. The molecule has 0 atom stereocenters. The lowest BCUT2D eigenvalue weighted by Crippen LogP contribution is -2.17. The standard InChI is InChI=1S/C21H21N3O3S/c1-2-13-9-10-15(11-20(13)28(22,26)27)23-21(25)17-12-19(14-7-8-14)24-18-6-4-3-5-16(17)18/h3-6,9-12,14H,2,7-8H2,1H3,(H,23,25)(H2,22,26,27). The van der Waals surface area contributed by atoms with Crippen molar-refractivity contribution in [3.8, 4) is 0 Å². The number of hydrogen-bond acceptors (Lipinski definition) is 4. The van der Waals surface area contributed by atoms with Crippen LogP contribution in [0.15, 0.2) is 53.4 Å². The first kappa shape index (κ1) is 18.6. The normalized spacial score (nSPS) is 14.2. The highest BCUT2D eigenvalue weighted by molar-refractivity contribution is 7.89. The summed E-state index contributed by atoms with van der Waals surface area (Å²) in [5.74, 6) is 0.110. The number of carbonyl (C=O) groups excluding carboxylic acids is 1. The molecule has 0 bridgehead atoms. The highest BCUT2D eigenvalue weighted by Crippen LogP contribution is 2.40. The first-order chi connectivity index (χ1) is 13.4. The van der Waals surface area contributed by atoms with Crippen LogP contribution in [0.25, 0.3) is 10.9 Å². The van der Waals surface area contributed by atoms with E-state index in [-0.39, 0.29) is 10.8 Å². The minimum Gasteiger partial charge on any atom is -0.322 e. The number of anilines is 1. The van der Waals surface area contributed by atoms with Crippen LogP contribution < -0.4 is 10.5 Å². The number of benzene rings is 2. The molecule has 0 spiro atoms. The average Bonchev–Trinajstić information content (AvgIpc) is 3.51. The van der Waals surface area contributed by atoms with Crippen molar-refractivity contribution in [2.75, 3.05) is 5.32 Å². The van der Waals surface area contributed by atoms with E-state index in [2.05, 4.69) is 10.3 Å². The summed E-state index contributed by atoms with van der Waals surface area (Å²) in [6.07, 6.45) is 2.70. The first-order valence-electron chi connectivity index (χ1n) is 9.23. The van der Waals surface area contributed by atoms with Gasteiger partial charge in [-0.15, -0.1) is 0 Å². The second-order valence-corrected chi connectivity index (χ2v) is 8.59. The van der Waals surface area contributed by atoms with E-state index >= 15 is 0 Å². The number of rotatable bonds is 5. The molecule has 1 aromatic heterocycles. The molecule has 1 saturated carbocycles. The van der Waals surface area contributed by atoms with Gasteiger partial charge in [0.25, 0.3) is 5.91 Å². The Balaban J connectivity index is 1.73. The number of primary sulfonamides is 1. The van der Waals surface area contributed by atoms with E-state index in [1.807, 2.05) is 37.3 Å². The lowest BCUT2D eigenvalue weighted by Gasteiger charge is -2.12. The summed E-state index contributed by atoms with van der Waals surface area (Å²) in [5, 5.41) is 8.91. The Labute approximate surface area is 163 Å². The van der Waals surface area contributed by atoms with E-state index < -0.39 is 10.0 Å². The van der Waals surface area contributed by atoms with Crippen molar-refractivity contribution < 1.29 is 13.2 Å². The van der Waals surface area contributed by atoms with Gasteiger partial charge in [0.05, 0.1) is 16.0 Å². The van der Waals surface area contributed by atoms with Gasteiger partial charge in [-0.1, -0.05) is 31.2 Å². The van der Waals surface area contributed by atoms with E-state index in [1.54, 1.807) is 12.1 Å². The van der Waals surface area contributed by atoms with Crippen LogP contribution in [0.2, 0.25) is 0 Å². The molecule has 28 heavy (non-hydrogen) atoms. The van der Waals surface area contributed by atoms with Gasteiger partial charge in [0.2, 0.25) is 10.0 Å². The Kier molecular flexibility index (Phi) is 4.64. The molecular weight excluding hydrogens is 374 g/mol. The fraction of sp³-hybridized carbons (Fsp3) is 0.238. The van der Waals surface area contributed by atoms with Crippen molar-refractivity contribution >= 4 is 32.5 Å².